The Bertz CT molecular complexity index is 2290. The number of allylic oxidation sites excluding steroid dienone is 7. The van der Waals surface area contributed by atoms with Crippen LogP contribution in [0.3, 0.4) is 0 Å². The first-order valence-corrected chi connectivity index (χ1v) is 12.5. The van der Waals surface area contributed by atoms with E-state index in [0.29, 0.717) is 0 Å². The van der Waals surface area contributed by atoms with Crippen LogP contribution in [0.4, 0.5) is 22.0 Å². The maximum atomic E-state index is 16.3. The fraction of sp³-hybridized carbons (Fsp3) is 0.0303. The Morgan fingerprint density at radius 2 is 1.37 bits per heavy atom. The minimum absolute atomic E-state index is 0.0237. The predicted molar refractivity (Wildman–Crippen MR) is 151 cm³/mol. The molecule has 0 bridgehead atoms. The van der Waals surface area contributed by atoms with Crippen LogP contribution in [0, 0.1) is 58.5 Å². The summed E-state index contributed by atoms with van der Waals surface area (Å²) in [6.45, 7) is 15.4. The molecule has 0 aromatic heterocycles. The number of phenols is 1. The number of aromatic hydroxyl groups is 1. The van der Waals surface area contributed by atoms with Crippen molar-refractivity contribution in [3.8, 4) is 58.0 Å². The first-order chi connectivity index (χ1) is 22.0. The lowest BCUT2D eigenvalue weighted by Crippen LogP contribution is -2.17. The molecule has 8 nitrogen and oxygen atoms in total. The molecular formula is C33H9F5N6O2. The van der Waals surface area contributed by atoms with Gasteiger partial charge in [0.05, 0.1) is 24.8 Å². The van der Waals surface area contributed by atoms with Crippen molar-refractivity contribution in [3.05, 3.63) is 117 Å². The van der Waals surface area contributed by atoms with E-state index in [2.05, 4.69) is 14.4 Å². The van der Waals surface area contributed by atoms with Crippen LogP contribution in [-0.2, 0) is 0 Å². The Hall–Kier alpha value is -7.19. The summed E-state index contributed by atoms with van der Waals surface area (Å²) >= 11 is 0. The molecule has 13 heteroatoms. The topological polar surface area (TPSA) is 133 Å². The fourth-order valence-electron chi connectivity index (χ4n) is 5.45. The molecule has 3 aromatic carbocycles. The van der Waals surface area contributed by atoms with Gasteiger partial charge in [0.2, 0.25) is 5.70 Å². The third kappa shape index (κ3) is 4.55. The van der Waals surface area contributed by atoms with E-state index >= 15 is 8.78 Å². The summed E-state index contributed by atoms with van der Waals surface area (Å²) < 4.78 is 76.2. The van der Waals surface area contributed by atoms with Gasteiger partial charge >= 0.3 is 6.36 Å². The molecule has 0 spiro atoms. The maximum absolute atomic E-state index is 16.3. The monoisotopic (exact) mass is 616 g/mol. The van der Waals surface area contributed by atoms with Crippen LogP contribution in [0.1, 0.15) is 22.3 Å². The summed E-state index contributed by atoms with van der Waals surface area (Å²) in [6, 6.07) is 15.4. The summed E-state index contributed by atoms with van der Waals surface area (Å²) in [5, 5.41) is 49.9. The van der Waals surface area contributed by atoms with E-state index in [1.807, 2.05) is 0 Å². The van der Waals surface area contributed by atoms with Crippen LogP contribution < -0.4 is 4.74 Å². The van der Waals surface area contributed by atoms with E-state index in [1.165, 1.54) is 30.3 Å². The van der Waals surface area contributed by atoms with Crippen molar-refractivity contribution in [3.63, 3.8) is 0 Å². The van der Waals surface area contributed by atoms with Crippen LogP contribution in [0.15, 0.2) is 71.5 Å². The second-order valence-corrected chi connectivity index (χ2v) is 9.37. The lowest BCUT2D eigenvalue weighted by atomic mass is 9.79. The summed E-state index contributed by atoms with van der Waals surface area (Å²) in [6.07, 6.45) is -5.16. The Balaban J connectivity index is 2.19. The van der Waals surface area contributed by atoms with E-state index in [4.69, 9.17) is 13.1 Å². The minimum Gasteiger partial charge on any atom is -0.508 e. The van der Waals surface area contributed by atoms with Crippen LogP contribution in [-0.4, -0.2) is 11.5 Å². The van der Waals surface area contributed by atoms with Gasteiger partial charge in [-0.1, -0.05) is 24.3 Å². The molecular weight excluding hydrogens is 607 g/mol. The second-order valence-electron chi connectivity index (χ2n) is 9.37. The largest absolute Gasteiger partial charge is 0.573 e. The van der Waals surface area contributed by atoms with Gasteiger partial charge in [0.25, 0.3) is 5.70 Å². The van der Waals surface area contributed by atoms with Gasteiger partial charge < -0.3 is 9.84 Å². The highest BCUT2D eigenvalue weighted by molar-refractivity contribution is 6.20. The number of fused-ring (bicyclic) bond motifs is 2. The Morgan fingerprint density at radius 3 is 1.91 bits per heavy atom. The lowest BCUT2D eigenvalue weighted by molar-refractivity contribution is -0.274. The molecule has 0 fully saturated rings. The van der Waals surface area contributed by atoms with E-state index < -0.39 is 74.1 Å². The summed E-state index contributed by atoms with van der Waals surface area (Å²) in [5.74, 6) is -3.90. The van der Waals surface area contributed by atoms with Gasteiger partial charge in [0.15, 0.2) is 5.83 Å². The molecule has 5 rings (SSSR count). The SMILES string of the molecule is [C-]#[N+]C1=C(F)/C(=C(/C#N)[N+]#[C-])c2c1c(-c1cccc(O)c1)c1c(c2-c2cccc(OC(F)(F)F)c2)C(C#N)=C(F)C1=C(C#N)C#N. The molecule has 1 N–H and O–H groups in total. The smallest absolute Gasteiger partial charge is 0.508 e. The zero-order valence-corrected chi connectivity index (χ0v) is 22.5. The van der Waals surface area contributed by atoms with Crippen LogP contribution in [0.5, 0.6) is 11.5 Å². The average molecular weight is 616 g/mol. The number of phenolic OH excluding ortho intramolecular Hbond substituents is 1. The quantitative estimate of drug-likeness (QED) is 0.179. The zero-order chi connectivity index (χ0) is 33.5. The van der Waals surface area contributed by atoms with Gasteiger partial charge in [-0.2, -0.15) is 15.8 Å². The number of hydrogen-bond donors (Lipinski definition) is 1. The van der Waals surface area contributed by atoms with Crippen LogP contribution >= 0.6 is 0 Å². The molecule has 0 amide bonds. The van der Waals surface area contributed by atoms with Gasteiger partial charge in [0.1, 0.15) is 41.1 Å². The third-order valence-corrected chi connectivity index (χ3v) is 7.00. The van der Waals surface area contributed by atoms with Crippen molar-refractivity contribution in [1.29, 1.82) is 21.0 Å². The molecule has 2 aliphatic rings. The number of alkyl halides is 3. The molecule has 0 unspecified atom stereocenters. The second kappa shape index (κ2) is 11.1. The van der Waals surface area contributed by atoms with Crippen molar-refractivity contribution in [2.24, 2.45) is 0 Å². The molecule has 0 radical (unpaired) electrons. The van der Waals surface area contributed by atoms with Crippen molar-refractivity contribution in [2.75, 3.05) is 0 Å². The van der Waals surface area contributed by atoms with Crippen LogP contribution in [0.2, 0.25) is 0 Å². The Kier molecular flexibility index (Phi) is 7.33. The normalized spacial score (nSPS) is 14.2. The molecule has 0 heterocycles. The molecule has 0 atom stereocenters. The van der Waals surface area contributed by atoms with Crippen molar-refractivity contribution in [1.82, 2.24) is 0 Å². The molecule has 0 aliphatic heterocycles. The molecule has 3 aromatic rings. The molecule has 0 saturated carbocycles. The van der Waals surface area contributed by atoms with E-state index in [1.54, 1.807) is 18.2 Å². The number of rotatable bonds is 3. The van der Waals surface area contributed by atoms with E-state index in [-0.39, 0.29) is 33.6 Å². The third-order valence-electron chi connectivity index (χ3n) is 7.00. The van der Waals surface area contributed by atoms with Crippen molar-refractivity contribution >= 4 is 22.4 Å². The zero-order valence-electron chi connectivity index (χ0n) is 22.5. The molecule has 2 aliphatic carbocycles. The average Bonchev–Trinajstić information content (AvgIpc) is 3.46. The molecule has 46 heavy (non-hydrogen) atoms. The number of nitriles is 4. The first kappa shape index (κ1) is 30.3. The number of benzene rings is 3. The number of hydrogen-bond acceptors (Lipinski definition) is 6. The van der Waals surface area contributed by atoms with E-state index in [9.17, 15) is 39.3 Å². The van der Waals surface area contributed by atoms with Gasteiger partial charge in [-0.15, -0.1) is 13.2 Å². The summed E-state index contributed by atoms with van der Waals surface area (Å²) in [5.41, 5.74) is -7.37. The highest BCUT2D eigenvalue weighted by atomic mass is 19.4. The summed E-state index contributed by atoms with van der Waals surface area (Å²) in [7, 11) is 0. The van der Waals surface area contributed by atoms with Gasteiger partial charge in [-0.3, -0.25) is 0 Å². The van der Waals surface area contributed by atoms with Crippen molar-refractivity contribution < 1.29 is 31.8 Å². The standard InChI is InChI=1S/C33H9F5N6O2/c1-43-21(14-42)26-28-22(16-6-4-8-19(10-16)46-33(36,37)38)25-20(13-41)30(34)24(17(11-39)12-40)27(25)23(15-5-3-7-18(45)9-15)29(28)32(44-2)31(26)35/h3-10,45H/b26-21-. The Morgan fingerprint density at radius 1 is 0.761 bits per heavy atom. The fourth-order valence-corrected chi connectivity index (χ4v) is 5.45. The summed E-state index contributed by atoms with van der Waals surface area (Å²) in [4.78, 5) is 6.34. The lowest BCUT2D eigenvalue weighted by Gasteiger charge is -2.23. The van der Waals surface area contributed by atoms with Gasteiger partial charge in [-0.05, 0) is 57.6 Å². The number of ether oxygens (including phenoxy) is 1. The highest BCUT2D eigenvalue weighted by Gasteiger charge is 2.44. The minimum atomic E-state index is -5.16. The maximum Gasteiger partial charge on any atom is 0.573 e. The Labute approximate surface area is 256 Å². The number of nitrogens with zero attached hydrogens (tertiary/aromatic N) is 6. The molecule has 0 saturated heterocycles. The first-order valence-electron chi connectivity index (χ1n) is 12.5. The number of halogens is 5. The highest BCUT2D eigenvalue weighted by Crippen LogP contribution is 2.60. The van der Waals surface area contributed by atoms with Crippen molar-refractivity contribution in [2.45, 2.75) is 6.36 Å². The van der Waals surface area contributed by atoms with E-state index in [0.717, 1.165) is 24.3 Å². The molecule has 218 valence electrons. The van der Waals surface area contributed by atoms with Gasteiger partial charge in [-0.25, -0.2) is 23.7 Å². The predicted octanol–water partition coefficient (Wildman–Crippen LogP) is 8.37. The van der Waals surface area contributed by atoms with Gasteiger partial charge in [0, 0.05) is 22.3 Å². The van der Waals surface area contributed by atoms with Crippen LogP contribution in [0.25, 0.3) is 54.4 Å².